The average molecular weight is 316 g/mol. The number of nitrogens with two attached hydrogens (primary N) is 1. The minimum absolute atomic E-state index is 0.218. The van der Waals surface area contributed by atoms with Crippen molar-refractivity contribution in [2.24, 2.45) is 11.7 Å². The van der Waals surface area contributed by atoms with Crippen LogP contribution < -0.4 is 15.2 Å². The molecular formula is C14H22BrNO2. The van der Waals surface area contributed by atoms with Crippen molar-refractivity contribution < 1.29 is 9.47 Å². The number of halogens is 1. The highest BCUT2D eigenvalue weighted by Crippen LogP contribution is 2.37. The SMILES string of the molecule is COc1ccc(CCC(N)C(C)C)c(OC)c1Br. The first-order chi connectivity index (χ1) is 8.51. The molecule has 4 heteroatoms. The first kappa shape index (κ1) is 15.3. The van der Waals surface area contributed by atoms with E-state index < -0.39 is 0 Å². The van der Waals surface area contributed by atoms with Crippen LogP contribution in [0.2, 0.25) is 0 Å². The van der Waals surface area contributed by atoms with Gasteiger partial charge in [-0.25, -0.2) is 0 Å². The largest absolute Gasteiger partial charge is 0.495 e. The van der Waals surface area contributed by atoms with Gasteiger partial charge >= 0.3 is 0 Å². The molecule has 0 spiro atoms. The van der Waals surface area contributed by atoms with Crippen molar-refractivity contribution in [1.82, 2.24) is 0 Å². The van der Waals surface area contributed by atoms with E-state index in [1.54, 1.807) is 14.2 Å². The van der Waals surface area contributed by atoms with E-state index in [0.717, 1.165) is 34.4 Å². The molecule has 1 aromatic carbocycles. The van der Waals surface area contributed by atoms with Crippen molar-refractivity contribution in [3.63, 3.8) is 0 Å². The first-order valence-corrected chi connectivity index (χ1v) is 6.95. The van der Waals surface area contributed by atoms with E-state index in [1.165, 1.54) is 0 Å². The summed E-state index contributed by atoms with van der Waals surface area (Å²) in [6.07, 6.45) is 1.86. The lowest BCUT2D eigenvalue weighted by molar-refractivity contribution is 0.384. The van der Waals surface area contributed by atoms with Crippen LogP contribution in [0.5, 0.6) is 11.5 Å². The van der Waals surface area contributed by atoms with E-state index in [4.69, 9.17) is 15.2 Å². The van der Waals surface area contributed by atoms with Gasteiger partial charge in [0.2, 0.25) is 0 Å². The number of aryl methyl sites for hydroxylation is 1. The van der Waals surface area contributed by atoms with Crippen LogP contribution >= 0.6 is 15.9 Å². The summed E-state index contributed by atoms with van der Waals surface area (Å²) >= 11 is 3.51. The molecule has 0 amide bonds. The van der Waals surface area contributed by atoms with Gasteiger partial charge in [0, 0.05) is 6.04 Å². The maximum Gasteiger partial charge on any atom is 0.139 e. The van der Waals surface area contributed by atoms with Gasteiger partial charge < -0.3 is 15.2 Å². The molecule has 0 radical (unpaired) electrons. The van der Waals surface area contributed by atoms with Crippen LogP contribution in [0, 0.1) is 5.92 Å². The number of rotatable bonds is 6. The van der Waals surface area contributed by atoms with Crippen molar-refractivity contribution >= 4 is 15.9 Å². The third-order valence-corrected chi connectivity index (χ3v) is 3.92. The van der Waals surface area contributed by atoms with Crippen molar-refractivity contribution in [3.05, 3.63) is 22.2 Å². The molecule has 0 fully saturated rings. The van der Waals surface area contributed by atoms with Crippen molar-refractivity contribution in [3.8, 4) is 11.5 Å². The Kier molecular flexibility index (Phi) is 5.96. The van der Waals surface area contributed by atoms with Gasteiger partial charge in [-0.2, -0.15) is 0 Å². The van der Waals surface area contributed by atoms with Crippen LogP contribution in [-0.4, -0.2) is 20.3 Å². The maximum atomic E-state index is 6.07. The van der Waals surface area contributed by atoms with E-state index >= 15 is 0 Å². The van der Waals surface area contributed by atoms with E-state index in [1.807, 2.05) is 12.1 Å². The Morgan fingerprint density at radius 1 is 1.22 bits per heavy atom. The quantitative estimate of drug-likeness (QED) is 0.875. The van der Waals surface area contributed by atoms with E-state index in [9.17, 15) is 0 Å². The fourth-order valence-electron chi connectivity index (χ4n) is 1.81. The summed E-state index contributed by atoms with van der Waals surface area (Å²) < 4.78 is 11.6. The molecule has 0 aliphatic rings. The van der Waals surface area contributed by atoms with Crippen LogP contribution in [0.1, 0.15) is 25.8 Å². The number of methoxy groups -OCH3 is 2. The summed E-state index contributed by atoms with van der Waals surface area (Å²) in [4.78, 5) is 0. The number of hydrogen-bond donors (Lipinski definition) is 1. The molecule has 1 rings (SSSR count). The first-order valence-electron chi connectivity index (χ1n) is 6.16. The second kappa shape index (κ2) is 7.00. The topological polar surface area (TPSA) is 44.5 Å². The lowest BCUT2D eigenvalue weighted by Gasteiger charge is -2.17. The number of benzene rings is 1. The maximum absolute atomic E-state index is 6.07. The molecular weight excluding hydrogens is 294 g/mol. The molecule has 3 nitrogen and oxygen atoms in total. The lowest BCUT2D eigenvalue weighted by atomic mass is 9.97. The summed E-state index contributed by atoms with van der Waals surface area (Å²) in [5.74, 6) is 2.12. The van der Waals surface area contributed by atoms with Crippen LogP contribution in [0.3, 0.4) is 0 Å². The smallest absolute Gasteiger partial charge is 0.139 e. The van der Waals surface area contributed by atoms with Crippen LogP contribution in [0.25, 0.3) is 0 Å². The average Bonchev–Trinajstić information content (AvgIpc) is 2.35. The molecule has 0 aliphatic carbocycles. The summed E-state index contributed by atoms with van der Waals surface area (Å²) in [5.41, 5.74) is 7.23. The van der Waals surface area contributed by atoms with Crippen molar-refractivity contribution in [2.75, 3.05) is 14.2 Å². The molecule has 1 atom stereocenters. The van der Waals surface area contributed by atoms with E-state index in [0.29, 0.717) is 5.92 Å². The molecule has 0 saturated carbocycles. The zero-order valence-corrected chi connectivity index (χ0v) is 13.1. The molecule has 0 aromatic heterocycles. The zero-order chi connectivity index (χ0) is 13.7. The molecule has 1 aromatic rings. The molecule has 0 heterocycles. The minimum Gasteiger partial charge on any atom is -0.495 e. The Hall–Kier alpha value is -0.740. The van der Waals surface area contributed by atoms with Gasteiger partial charge in [0.15, 0.2) is 0 Å². The van der Waals surface area contributed by atoms with Crippen LogP contribution in [-0.2, 0) is 6.42 Å². The second-order valence-corrected chi connectivity index (χ2v) is 5.51. The second-order valence-electron chi connectivity index (χ2n) is 4.72. The fourth-order valence-corrected chi connectivity index (χ4v) is 2.52. The molecule has 102 valence electrons. The molecule has 1 unspecified atom stereocenters. The summed E-state index contributed by atoms with van der Waals surface area (Å²) in [6.45, 7) is 4.29. The summed E-state index contributed by atoms with van der Waals surface area (Å²) in [5, 5.41) is 0. The predicted molar refractivity (Wildman–Crippen MR) is 78.4 cm³/mol. The van der Waals surface area contributed by atoms with E-state index in [2.05, 4.69) is 29.8 Å². The monoisotopic (exact) mass is 315 g/mol. The molecule has 18 heavy (non-hydrogen) atoms. The summed E-state index contributed by atoms with van der Waals surface area (Å²) in [6, 6.07) is 4.20. The van der Waals surface area contributed by atoms with Gasteiger partial charge in [-0.15, -0.1) is 0 Å². The third-order valence-electron chi connectivity index (χ3n) is 3.17. The van der Waals surface area contributed by atoms with Gasteiger partial charge in [-0.05, 0) is 46.3 Å². The molecule has 0 aliphatic heterocycles. The Morgan fingerprint density at radius 2 is 1.89 bits per heavy atom. The summed E-state index contributed by atoms with van der Waals surface area (Å²) in [7, 11) is 3.32. The standard InChI is InChI=1S/C14H22BrNO2/c1-9(2)11(16)7-5-10-6-8-12(17-3)13(15)14(10)18-4/h6,8-9,11H,5,7,16H2,1-4H3. The normalized spacial score (nSPS) is 12.6. The van der Waals surface area contributed by atoms with Gasteiger partial charge in [-0.3, -0.25) is 0 Å². The highest BCUT2D eigenvalue weighted by molar-refractivity contribution is 9.10. The van der Waals surface area contributed by atoms with E-state index in [-0.39, 0.29) is 6.04 Å². The Bertz CT molecular complexity index is 394. The lowest BCUT2D eigenvalue weighted by Crippen LogP contribution is -2.26. The Balaban J connectivity index is 2.86. The highest BCUT2D eigenvalue weighted by atomic mass is 79.9. The minimum atomic E-state index is 0.218. The molecule has 0 saturated heterocycles. The van der Waals surface area contributed by atoms with Crippen molar-refractivity contribution in [2.45, 2.75) is 32.7 Å². The van der Waals surface area contributed by atoms with Crippen LogP contribution in [0.15, 0.2) is 16.6 Å². The van der Waals surface area contributed by atoms with Gasteiger partial charge in [0.25, 0.3) is 0 Å². The number of ether oxygens (including phenoxy) is 2. The van der Waals surface area contributed by atoms with Crippen molar-refractivity contribution in [1.29, 1.82) is 0 Å². The van der Waals surface area contributed by atoms with Gasteiger partial charge in [-0.1, -0.05) is 19.9 Å². The Labute approximate surface area is 118 Å². The zero-order valence-electron chi connectivity index (χ0n) is 11.5. The number of hydrogen-bond acceptors (Lipinski definition) is 3. The fraction of sp³-hybridized carbons (Fsp3) is 0.571. The van der Waals surface area contributed by atoms with Crippen LogP contribution in [0.4, 0.5) is 0 Å². The molecule has 0 bridgehead atoms. The van der Waals surface area contributed by atoms with Gasteiger partial charge in [0.05, 0.1) is 14.2 Å². The van der Waals surface area contributed by atoms with Gasteiger partial charge in [0.1, 0.15) is 16.0 Å². The predicted octanol–water partition coefficient (Wildman–Crippen LogP) is 3.38. The molecule has 2 N–H and O–H groups in total. The third kappa shape index (κ3) is 3.62. The Morgan fingerprint density at radius 3 is 2.39 bits per heavy atom. The highest BCUT2D eigenvalue weighted by Gasteiger charge is 2.14.